The van der Waals surface area contributed by atoms with Gasteiger partial charge >= 0.3 is 0 Å². The van der Waals surface area contributed by atoms with E-state index in [0.29, 0.717) is 10.6 Å². The van der Waals surface area contributed by atoms with Crippen molar-refractivity contribution >= 4 is 17.4 Å². The number of halogens is 1. The van der Waals surface area contributed by atoms with Crippen molar-refractivity contribution in [2.24, 2.45) is 0 Å². The van der Waals surface area contributed by atoms with Gasteiger partial charge in [0, 0.05) is 10.6 Å². The Labute approximate surface area is 159 Å². The number of carbonyl (C=O) groups excluding carboxylic acids is 1. The lowest BCUT2D eigenvalue weighted by Gasteiger charge is -2.26. The van der Waals surface area contributed by atoms with Gasteiger partial charge in [-0.2, -0.15) is 0 Å². The molecule has 0 bridgehead atoms. The van der Waals surface area contributed by atoms with Crippen molar-refractivity contribution in [1.82, 2.24) is 0 Å². The second kappa shape index (κ2) is 8.20. The number of aromatic hydroxyl groups is 1. The molecule has 2 unspecified atom stereocenters. The van der Waals surface area contributed by atoms with Crippen LogP contribution in [0.25, 0.3) is 0 Å². The minimum absolute atomic E-state index is 0.0181. The molecular weight excluding hydrogens is 344 g/mol. The lowest BCUT2D eigenvalue weighted by Crippen LogP contribution is -2.20. The molecule has 0 fully saturated rings. The molecule has 0 aromatic heterocycles. The van der Waals surface area contributed by atoms with Crippen molar-refractivity contribution in [3.05, 3.63) is 101 Å². The Bertz CT molecular complexity index is 855. The van der Waals surface area contributed by atoms with Crippen LogP contribution in [0, 0.1) is 0 Å². The third kappa shape index (κ3) is 3.97. The molecular formula is C23H21ClO2. The van der Waals surface area contributed by atoms with Crippen molar-refractivity contribution in [3.63, 3.8) is 0 Å². The zero-order chi connectivity index (χ0) is 18.5. The zero-order valence-electron chi connectivity index (χ0n) is 14.6. The smallest absolute Gasteiger partial charge is 0.170 e. The minimum Gasteiger partial charge on any atom is -0.508 e. The van der Waals surface area contributed by atoms with Gasteiger partial charge in [0.25, 0.3) is 0 Å². The van der Waals surface area contributed by atoms with E-state index in [9.17, 15) is 9.90 Å². The van der Waals surface area contributed by atoms with Crippen LogP contribution in [0.3, 0.4) is 0 Å². The molecule has 3 heteroatoms. The van der Waals surface area contributed by atoms with E-state index in [1.165, 1.54) is 0 Å². The summed E-state index contributed by atoms with van der Waals surface area (Å²) in [5, 5.41) is 10.3. The number of carbonyl (C=O) groups is 1. The van der Waals surface area contributed by atoms with Crippen LogP contribution in [0.5, 0.6) is 5.75 Å². The first-order valence-electron chi connectivity index (χ1n) is 8.73. The van der Waals surface area contributed by atoms with E-state index < -0.39 is 0 Å². The van der Waals surface area contributed by atoms with Gasteiger partial charge < -0.3 is 5.11 Å². The maximum absolute atomic E-state index is 13.4. The molecule has 0 heterocycles. The Balaban J connectivity index is 2.08. The highest BCUT2D eigenvalue weighted by molar-refractivity contribution is 6.30. The minimum atomic E-state index is -0.329. The van der Waals surface area contributed by atoms with Gasteiger partial charge in [0.15, 0.2) is 5.78 Å². The summed E-state index contributed by atoms with van der Waals surface area (Å²) < 4.78 is 0. The first-order valence-corrected chi connectivity index (χ1v) is 9.11. The van der Waals surface area contributed by atoms with E-state index >= 15 is 0 Å². The van der Waals surface area contributed by atoms with Crippen molar-refractivity contribution in [3.8, 4) is 5.75 Å². The average molecular weight is 365 g/mol. The maximum atomic E-state index is 13.4. The van der Waals surface area contributed by atoms with Crippen molar-refractivity contribution in [1.29, 1.82) is 0 Å². The Morgan fingerprint density at radius 2 is 1.46 bits per heavy atom. The molecule has 0 saturated carbocycles. The summed E-state index contributed by atoms with van der Waals surface area (Å²) in [4.78, 5) is 13.4. The first-order chi connectivity index (χ1) is 12.6. The van der Waals surface area contributed by atoms with E-state index in [2.05, 4.69) is 6.92 Å². The molecule has 0 aliphatic heterocycles. The molecule has 2 atom stereocenters. The number of benzene rings is 3. The Morgan fingerprint density at radius 3 is 2.04 bits per heavy atom. The number of hydrogen-bond donors (Lipinski definition) is 1. The van der Waals surface area contributed by atoms with Gasteiger partial charge in [0.1, 0.15) is 5.75 Å². The van der Waals surface area contributed by atoms with E-state index in [0.717, 1.165) is 17.5 Å². The summed E-state index contributed by atoms with van der Waals surface area (Å²) in [6.45, 7) is 2.09. The van der Waals surface area contributed by atoms with Crippen LogP contribution in [-0.4, -0.2) is 10.9 Å². The molecule has 0 radical (unpaired) electrons. The Hall–Kier alpha value is -2.58. The second-order valence-corrected chi connectivity index (χ2v) is 6.80. The largest absolute Gasteiger partial charge is 0.508 e. The van der Waals surface area contributed by atoms with Gasteiger partial charge in [0.2, 0.25) is 0 Å². The monoisotopic (exact) mass is 364 g/mol. The molecule has 3 aromatic rings. The highest BCUT2D eigenvalue weighted by Gasteiger charge is 2.30. The van der Waals surface area contributed by atoms with Gasteiger partial charge in [-0.3, -0.25) is 4.79 Å². The van der Waals surface area contributed by atoms with Crippen LogP contribution in [0.1, 0.15) is 46.7 Å². The molecule has 3 aromatic carbocycles. The molecule has 2 nitrogen and oxygen atoms in total. The number of rotatable bonds is 6. The van der Waals surface area contributed by atoms with Gasteiger partial charge in [-0.25, -0.2) is 0 Å². The summed E-state index contributed by atoms with van der Waals surface area (Å²) in [6, 6.07) is 24.0. The van der Waals surface area contributed by atoms with Crippen molar-refractivity contribution in [2.75, 3.05) is 0 Å². The highest BCUT2D eigenvalue weighted by Crippen LogP contribution is 2.38. The quantitative estimate of drug-likeness (QED) is 0.528. The summed E-state index contributed by atoms with van der Waals surface area (Å²) in [5.74, 6) is -0.0361. The third-order valence-electron chi connectivity index (χ3n) is 4.73. The lowest BCUT2D eigenvalue weighted by atomic mass is 9.76. The van der Waals surface area contributed by atoms with Crippen molar-refractivity contribution in [2.45, 2.75) is 25.2 Å². The molecule has 0 spiro atoms. The number of phenolic OH excluding ortho intramolecular Hbond substituents is 1. The van der Waals surface area contributed by atoms with E-state index in [-0.39, 0.29) is 23.4 Å². The molecule has 0 aliphatic rings. The van der Waals surface area contributed by atoms with Crippen LogP contribution in [0.15, 0.2) is 78.9 Å². The lowest BCUT2D eigenvalue weighted by molar-refractivity contribution is 0.0945. The van der Waals surface area contributed by atoms with E-state index in [1.807, 2.05) is 66.7 Å². The van der Waals surface area contributed by atoms with Crippen LogP contribution in [0.4, 0.5) is 0 Å². The van der Waals surface area contributed by atoms with Gasteiger partial charge in [-0.1, -0.05) is 73.1 Å². The molecule has 1 N–H and O–H groups in total. The molecule has 26 heavy (non-hydrogen) atoms. The normalized spacial score (nSPS) is 13.2. The Morgan fingerprint density at radius 1 is 0.885 bits per heavy atom. The summed E-state index contributed by atoms with van der Waals surface area (Å²) >= 11 is 6.04. The predicted octanol–water partition coefficient (Wildman–Crippen LogP) is 6.21. The van der Waals surface area contributed by atoms with Gasteiger partial charge in [-0.15, -0.1) is 0 Å². The van der Waals surface area contributed by atoms with Crippen LogP contribution in [0.2, 0.25) is 5.02 Å². The standard InChI is InChI=1S/C23H21ClO2/c1-2-21(16-8-12-19(24)13-9-16)22(17-10-14-20(25)15-11-17)23(26)18-6-4-3-5-7-18/h3-15,21-22,25H,2H2,1H3. The highest BCUT2D eigenvalue weighted by atomic mass is 35.5. The first kappa shape index (κ1) is 18.2. The fraction of sp³-hybridized carbons (Fsp3) is 0.174. The zero-order valence-corrected chi connectivity index (χ0v) is 15.4. The molecule has 132 valence electrons. The van der Waals surface area contributed by atoms with Gasteiger partial charge in [0.05, 0.1) is 5.92 Å². The summed E-state index contributed by atoms with van der Waals surface area (Å²) in [7, 11) is 0. The summed E-state index contributed by atoms with van der Waals surface area (Å²) in [6.07, 6.45) is 0.811. The van der Waals surface area contributed by atoms with E-state index in [4.69, 9.17) is 11.6 Å². The Kier molecular flexibility index (Phi) is 5.75. The average Bonchev–Trinajstić information content (AvgIpc) is 2.68. The third-order valence-corrected chi connectivity index (χ3v) is 4.99. The fourth-order valence-electron chi connectivity index (χ4n) is 3.40. The molecule has 0 amide bonds. The van der Waals surface area contributed by atoms with Gasteiger partial charge in [-0.05, 0) is 47.7 Å². The van der Waals surface area contributed by atoms with E-state index in [1.54, 1.807) is 12.1 Å². The number of Topliss-reactive ketones (excluding diaryl/α,β-unsaturated/α-hetero) is 1. The summed E-state index contributed by atoms with van der Waals surface area (Å²) in [5.41, 5.74) is 2.68. The topological polar surface area (TPSA) is 37.3 Å². The molecule has 0 aliphatic carbocycles. The molecule has 3 rings (SSSR count). The van der Waals surface area contributed by atoms with Crippen LogP contribution < -0.4 is 0 Å². The number of hydrogen-bond acceptors (Lipinski definition) is 2. The maximum Gasteiger partial charge on any atom is 0.170 e. The fourth-order valence-corrected chi connectivity index (χ4v) is 3.53. The van der Waals surface area contributed by atoms with Crippen LogP contribution in [-0.2, 0) is 0 Å². The van der Waals surface area contributed by atoms with Crippen molar-refractivity contribution < 1.29 is 9.90 Å². The predicted molar refractivity (Wildman–Crippen MR) is 106 cm³/mol. The number of ketones is 1. The number of phenols is 1. The second-order valence-electron chi connectivity index (χ2n) is 6.37. The van der Waals surface area contributed by atoms with Crippen LogP contribution >= 0.6 is 11.6 Å². The SMILES string of the molecule is CCC(c1ccc(Cl)cc1)C(C(=O)c1ccccc1)c1ccc(O)cc1. The molecule has 0 saturated heterocycles.